The maximum Gasteiger partial charge on any atom is 0.419 e. The molecular formula is C13H20N2O4. The highest BCUT2D eigenvalue weighted by Crippen LogP contribution is 2.60. The van der Waals surface area contributed by atoms with Crippen molar-refractivity contribution in [3.8, 4) is 0 Å². The van der Waals surface area contributed by atoms with Gasteiger partial charge in [-0.15, -0.1) is 0 Å². The molecule has 1 amide bonds. The van der Waals surface area contributed by atoms with Crippen LogP contribution in [0.15, 0.2) is 0 Å². The highest BCUT2D eigenvalue weighted by Gasteiger charge is 2.59. The van der Waals surface area contributed by atoms with Crippen molar-refractivity contribution in [2.45, 2.75) is 38.1 Å². The molecule has 4 aliphatic carbocycles. The van der Waals surface area contributed by atoms with Crippen molar-refractivity contribution in [2.75, 3.05) is 7.11 Å². The first-order valence-electron chi connectivity index (χ1n) is 6.87. The maximum absolute atomic E-state index is 12.1. The first-order valence-corrected chi connectivity index (χ1v) is 6.87. The standard InChI is InChI=1S/C13H20N2O4/c1-19-11(16)13-4-7-2-8(5-13)10(9(3-7)6-13)14-15-12(17)18/h7-10,14-15H,2-6H2,1H3,(H,17,18). The zero-order chi connectivity index (χ0) is 13.6. The van der Waals surface area contributed by atoms with Crippen LogP contribution in [0, 0.1) is 23.2 Å². The number of carboxylic acid groups (broad SMARTS) is 1. The van der Waals surface area contributed by atoms with E-state index in [0.717, 1.165) is 32.1 Å². The van der Waals surface area contributed by atoms with Crippen LogP contribution in [0.2, 0.25) is 0 Å². The van der Waals surface area contributed by atoms with E-state index < -0.39 is 6.09 Å². The molecule has 6 nitrogen and oxygen atoms in total. The van der Waals surface area contributed by atoms with Gasteiger partial charge in [0.25, 0.3) is 0 Å². The van der Waals surface area contributed by atoms with Gasteiger partial charge in [0.1, 0.15) is 0 Å². The number of methoxy groups -OCH3 is 1. The molecular weight excluding hydrogens is 248 g/mol. The van der Waals surface area contributed by atoms with Crippen LogP contribution >= 0.6 is 0 Å². The molecule has 106 valence electrons. The minimum absolute atomic E-state index is 0.0726. The third kappa shape index (κ3) is 1.98. The Hall–Kier alpha value is -1.30. The molecule has 0 spiro atoms. The number of carbonyl (C=O) groups excluding carboxylic acids is 1. The van der Waals surface area contributed by atoms with E-state index >= 15 is 0 Å². The summed E-state index contributed by atoms with van der Waals surface area (Å²) in [6.07, 6.45) is 3.72. The maximum atomic E-state index is 12.1. The lowest BCUT2D eigenvalue weighted by Gasteiger charge is -2.58. The number of hydrogen-bond donors (Lipinski definition) is 3. The van der Waals surface area contributed by atoms with E-state index in [1.165, 1.54) is 7.11 Å². The van der Waals surface area contributed by atoms with E-state index in [2.05, 4.69) is 10.9 Å². The molecule has 0 aliphatic heterocycles. The van der Waals surface area contributed by atoms with E-state index in [1.54, 1.807) is 0 Å². The Labute approximate surface area is 111 Å². The minimum Gasteiger partial charge on any atom is -0.469 e. The monoisotopic (exact) mass is 268 g/mol. The Balaban J connectivity index is 1.76. The van der Waals surface area contributed by atoms with Gasteiger partial charge < -0.3 is 9.84 Å². The smallest absolute Gasteiger partial charge is 0.419 e. The molecule has 4 aliphatic rings. The van der Waals surface area contributed by atoms with Gasteiger partial charge in [-0.25, -0.2) is 10.2 Å². The van der Waals surface area contributed by atoms with Gasteiger partial charge in [-0.2, -0.15) is 0 Å². The van der Waals surface area contributed by atoms with Crippen LogP contribution < -0.4 is 10.9 Å². The fraction of sp³-hybridized carbons (Fsp3) is 0.846. The summed E-state index contributed by atoms with van der Waals surface area (Å²) >= 11 is 0. The molecule has 0 saturated heterocycles. The van der Waals surface area contributed by atoms with E-state index in [9.17, 15) is 9.59 Å². The van der Waals surface area contributed by atoms with E-state index in [4.69, 9.17) is 9.84 Å². The topological polar surface area (TPSA) is 87.7 Å². The normalized spacial score (nSPS) is 43.0. The van der Waals surface area contributed by atoms with Gasteiger partial charge in [0, 0.05) is 6.04 Å². The van der Waals surface area contributed by atoms with Crippen LogP contribution in [-0.2, 0) is 9.53 Å². The average Bonchev–Trinajstić information content (AvgIpc) is 2.35. The van der Waals surface area contributed by atoms with Crippen molar-refractivity contribution in [3.63, 3.8) is 0 Å². The number of nitrogens with one attached hydrogen (secondary N) is 2. The lowest BCUT2D eigenvalue weighted by Crippen LogP contribution is -2.62. The second-order valence-electron chi connectivity index (χ2n) is 6.34. The largest absolute Gasteiger partial charge is 0.469 e. The first-order chi connectivity index (χ1) is 9.04. The van der Waals surface area contributed by atoms with Crippen molar-refractivity contribution in [1.29, 1.82) is 0 Å². The lowest BCUT2D eigenvalue weighted by molar-refractivity contribution is -0.171. The van der Waals surface area contributed by atoms with Crippen molar-refractivity contribution in [3.05, 3.63) is 0 Å². The van der Waals surface area contributed by atoms with E-state index in [1.807, 2.05) is 0 Å². The third-order valence-corrected chi connectivity index (χ3v) is 5.24. The van der Waals surface area contributed by atoms with Gasteiger partial charge in [0.05, 0.1) is 12.5 Å². The van der Waals surface area contributed by atoms with Gasteiger partial charge in [0.15, 0.2) is 0 Å². The Bertz CT molecular complexity index is 395. The molecule has 6 heteroatoms. The predicted octanol–water partition coefficient (Wildman–Crippen LogP) is 1.13. The van der Waals surface area contributed by atoms with Gasteiger partial charge in [-0.05, 0) is 49.9 Å². The average molecular weight is 268 g/mol. The molecule has 4 saturated carbocycles. The number of esters is 1. The molecule has 0 heterocycles. The summed E-state index contributed by atoms with van der Waals surface area (Å²) in [5.41, 5.74) is 4.92. The number of carbonyl (C=O) groups is 2. The lowest BCUT2D eigenvalue weighted by atomic mass is 9.48. The van der Waals surface area contributed by atoms with Crippen LogP contribution in [0.5, 0.6) is 0 Å². The summed E-state index contributed by atoms with van der Waals surface area (Å²) in [6, 6.07) is 0.158. The van der Waals surface area contributed by atoms with Crippen LogP contribution in [-0.4, -0.2) is 30.3 Å². The van der Waals surface area contributed by atoms with E-state index in [-0.39, 0.29) is 17.4 Å². The molecule has 2 unspecified atom stereocenters. The van der Waals surface area contributed by atoms with Crippen molar-refractivity contribution in [1.82, 2.24) is 10.9 Å². The second-order valence-corrected chi connectivity index (χ2v) is 6.34. The second kappa shape index (κ2) is 4.37. The zero-order valence-electron chi connectivity index (χ0n) is 11.0. The molecule has 4 fully saturated rings. The van der Waals surface area contributed by atoms with Gasteiger partial charge in [-0.3, -0.25) is 10.2 Å². The number of ether oxygens (including phenoxy) is 1. The molecule has 0 aromatic carbocycles. The van der Waals surface area contributed by atoms with Crippen LogP contribution in [0.1, 0.15) is 32.1 Å². The molecule has 3 N–H and O–H groups in total. The highest BCUT2D eigenvalue weighted by atomic mass is 16.5. The van der Waals surface area contributed by atoms with Crippen LogP contribution in [0.4, 0.5) is 4.79 Å². The number of hydrogen-bond acceptors (Lipinski definition) is 4. The van der Waals surface area contributed by atoms with Gasteiger partial charge >= 0.3 is 12.1 Å². The SMILES string of the molecule is COC(=O)C12CC3CC(C1)C(NNC(=O)O)C(C3)C2. The molecule has 0 aromatic heterocycles. The Morgan fingerprint density at radius 2 is 1.84 bits per heavy atom. The summed E-state index contributed by atoms with van der Waals surface area (Å²) in [5, 5.41) is 8.70. The number of rotatable bonds is 3. The highest BCUT2D eigenvalue weighted by molar-refractivity contribution is 5.77. The van der Waals surface area contributed by atoms with Gasteiger partial charge in [-0.1, -0.05) is 0 Å². The molecule has 4 rings (SSSR count). The van der Waals surface area contributed by atoms with Gasteiger partial charge in [0.2, 0.25) is 0 Å². The fourth-order valence-corrected chi connectivity index (χ4v) is 4.87. The predicted molar refractivity (Wildman–Crippen MR) is 66.1 cm³/mol. The first kappa shape index (κ1) is 12.7. The quantitative estimate of drug-likeness (QED) is 0.527. The van der Waals surface area contributed by atoms with Crippen molar-refractivity contribution < 1.29 is 19.4 Å². The number of amides is 1. The Morgan fingerprint density at radius 3 is 2.37 bits per heavy atom. The fourth-order valence-electron chi connectivity index (χ4n) is 4.87. The zero-order valence-corrected chi connectivity index (χ0v) is 11.0. The summed E-state index contributed by atoms with van der Waals surface area (Å²) < 4.78 is 5.00. The Morgan fingerprint density at radius 1 is 1.21 bits per heavy atom. The summed E-state index contributed by atoms with van der Waals surface area (Å²) in [4.78, 5) is 22.7. The van der Waals surface area contributed by atoms with Crippen LogP contribution in [0.3, 0.4) is 0 Å². The molecule has 19 heavy (non-hydrogen) atoms. The molecule has 0 aromatic rings. The minimum atomic E-state index is -1.06. The van der Waals surface area contributed by atoms with Crippen molar-refractivity contribution in [2.24, 2.45) is 23.2 Å². The van der Waals surface area contributed by atoms with Crippen LogP contribution in [0.25, 0.3) is 0 Å². The number of hydrazine groups is 1. The molecule has 2 atom stereocenters. The molecule has 0 radical (unpaired) electrons. The third-order valence-electron chi connectivity index (χ3n) is 5.24. The molecule has 4 bridgehead atoms. The van der Waals surface area contributed by atoms with E-state index in [0.29, 0.717) is 17.8 Å². The summed E-state index contributed by atoms with van der Waals surface area (Å²) in [6.45, 7) is 0. The summed E-state index contributed by atoms with van der Waals surface area (Å²) in [5.74, 6) is 1.27. The Kier molecular flexibility index (Phi) is 2.92. The summed E-state index contributed by atoms with van der Waals surface area (Å²) in [7, 11) is 1.46. The van der Waals surface area contributed by atoms with Crippen molar-refractivity contribution >= 4 is 12.1 Å².